The van der Waals surface area contributed by atoms with Crippen molar-refractivity contribution in [2.24, 2.45) is 23.7 Å². The first kappa shape index (κ1) is 14.0. The Morgan fingerprint density at radius 1 is 0.938 bits per heavy atom. The summed E-state index contributed by atoms with van der Waals surface area (Å²) in [5.41, 5.74) is 0. The van der Waals surface area contributed by atoms with Crippen molar-refractivity contribution in [3.05, 3.63) is 0 Å². The van der Waals surface area contributed by atoms with Gasteiger partial charge in [0.2, 0.25) is 0 Å². The third-order valence-electron chi connectivity index (χ3n) is 4.37. The molecule has 1 aliphatic rings. The summed E-state index contributed by atoms with van der Waals surface area (Å²) in [5, 5.41) is 3.80. The standard InChI is InChI=1S/C15H31N/c1-11(2)15(12(3)4)10-16-14-8-6-13(5)7-9-14/h11-16H,6-10H2,1-5H3. The van der Waals surface area contributed by atoms with E-state index in [4.69, 9.17) is 0 Å². The van der Waals surface area contributed by atoms with Crippen molar-refractivity contribution < 1.29 is 0 Å². The summed E-state index contributed by atoms with van der Waals surface area (Å²) in [5.74, 6) is 3.40. The lowest BCUT2D eigenvalue weighted by molar-refractivity contribution is 0.239. The van der Waals surface area contributed by atoms with Crippen molar-refractivity contribution in [1.82, 2.24) is 5.32 Å². The van der Waals surface area contributed by atoms with Crippen LogP contribution in [0.5, 0.6) is 0 Å². The summed E-state index contributed by atoms with van der Waals surface area (Å²) in [6, 6.07) is 0.802. The normalized spacial score (nSPS) is 27.0. The van der Waals surface area contributed by atoms with Gasteiger partial charge in [-0.25, -0.2) is 0 Å². The van der Waals surface area contributed by atoms with Crippen LogP contribution in [-0.2, 0) is 0 Å². The topological polar surface area (TPSA) is 12.0 Å². The molecule has 0 atom stereocenters. The molecular weight excluding hydrogens is 194 g/mol. The highest BCUT2D eigenvalue weighted by Crippen LogP contribution is 2.25. The molecule has 1 nitrogen and oxygen atoms in total. The maximum Gasteiger partial charge on any atom is 0.00673 e. The lowest BCUT2D eigenvalue weighted by Crippen LogP contribution is -2.38. The van der Waals surface area contributed by atoms with Crippen LogP contribution in [0.1, 0.15) is 60.3 Å². The van der Waals surface area contributed by atoms with E-state index >= 15 is 0 Å². The minimum Gasteiger partial charge on any atom is -0.314 e. The van der Waals surface area contributed by atoms with E-state index in [1.54, 1.807) is 0 Å². The van der Waals surface area contributed by atoms with Crippen molar-refractivity contribution in [3.63, 3.8) is 0 Å². The molecule has 1 saturated carbocycles. The Labute approximate surface area is 102 Å². The second kappa shape index (κ2) is 6.64. The third kappa shape index (κ3) is 4.45. The Morgan fingerprint density at radius 3 is 1.88 bits per heavy atom. The molecule has 1 rings (SSSR count). The molecule has 0 aromatic rings. The summed E-state index contributed by atoms with van der Waals surface area (Å²) in [7, 11) is 0. The molecule has 96 valence electrons. The Hall–Kier alpha value is -0.0400. The first-order valence-corrected chi connectivity index (χ1v) is 7.24. The molecule has 16 heavy (non-hydrogen) atoms. The van der Waals surface area contributed by atoms with E-state index in [-0.39, 0.29) is 0 Å². The minimum absolute atomic E-state index is 0.801. The molecule has 0 amide bonds. The van der Waals surface area contributed by atoms with Gasteiger partial charge in [0.05, 0.1) is 0 Å². The van der Waals surface area contributed by atoms with Gasteiger partial charge in [0.25, 0.3) is 0 Å². The molecule has 0 unspecified atom stereocenters. The maximum absolute atomic E-state index is 3.80. The number of nitrogens with one attached hydrogen (secondary N) is 1. The lowest BCUT2D eigenvalue weighted by atomic mass is 9.84. The van der Waals surface area contributed by atoms with Gasteiger partial charge in [-0.1, -0.05) is 34.6 Å². The predicted octanol–water partition coefficient (Wildman–Crippen LogP) is 4.08. The van der Waals surface area contributed by atoms with Gasteiger partial charge in [0.15, 0.2) is 0 Å². The van der Waals surface area contributed by atoms with Crippen LogP contribution in [0.3, 0.4) is 0 Å². The zero-order valence-corrected chi connectivity index (χ0v) is 11.9. The van der Waals surface area contributed by atoms with Gasteiger partial charge in [-0.2, -0.15) is 0 Å². The van der Waals surface area contributed by atoms with Crippen LogP contribution in [0.4, 0.5) is 0 Å². The van der Waals surface area contributed by atoms with Crippen molar-refractivity contribution in [2.45, 2.75) is 66.3 Å². The predicted molar refractivity (Wildman–Crippen MR) is 72.6 cm³/mol. The van der Waals surface area contributed by atoms with Gasteiger partial charge in [0.1, 0.15) is 0 Å². The van der Waals surface area contributed by atoms with Crippen molar-refractivity contribution in [2.75, 3.05) is 6.54 Å². The first-order chi connectivity index (χ1) is 7.50. The average Bonchev–Trinajstić information content (AvgIpc) is 2.20. The van der Waals surface area contributed by atoms with Gasteiger partial charge in [-0.15, -0.1) is 0 Å². The molecule has 0 spiro atoms. The van der Waals surface area contributed by atoms with Crippen molar-refractivity contribution in [1.29, 1.82) is 0 Å². The SMILES string of the molecule is CC1CCC(NCC(C(C)C)C(C)C)CC1. The molecule has 1 heteroatoms. The largest absolute Gasteiger partial charge is 0.314 e. The van der Waals surface area contributed by atoms with E-state index in [1.165, 1.54) is 32.2 Å². The number of hydrogen-bond donors (Lipinski definition) is 1. The van der Waals surface area contributed by atoms with E-state index < -0.39 is 0 Å². The van der Waals surface area contributed by atoms with Gasteiger partial charge in [0, 0.05) is 6.04 Å². The molecule has 1 aliphatic carbocycles. The Balaban J connectivity index is 2.27. The second-order valence-corrected chi connectivity index (χ2v) is 6.52. The van der Waals surface area contributed by atoms with Gasteiger partial charge >= 0.3 is 0 Å². The molecule has 1 N–H and O–H groups in total. The molecule has 0 aliphatic heterocycles. The van der Waals surface area contributed by atoms with E-state index in [2.05, 4.69) is 39.9 Å². The highest BCUT2D eigenvalue weighted by molar-refractivity contribution is 4.78. The number of rotatable bonds is 5. The summed E-state index contributed by atoms with van der Waals surface area (Å²) in [6.07, 6.45) is 5.63. The van der Waals surface area contributed by atoms with Crippen LogP contribution in [0.25, 0.3) is 0 Å². The molecule has 0 bridgehead atoms. The van der Waals surface area contributed by atoms with Crippen molar-refractivity contribution in [3.8, 4) is 0 Å². The van der Waals surface area contributed by atoms with Gasteiger partial charge in [-0.3, -0.25) is 0 Å². The highest BCUT2D eigenvalue weighted by atomic mass is 14.9. The Morgan fingerprint density at radius 2 is 1.44 bits per heavy atom. The first-order valence-electron chi connectivity index (χ1n) is 7.24. The molecule has 0 saturated heterocycles. The smallest absolute Gasteiger partial charge is 0.00673 e. The highest BCUT2D eigenvalue weighted by Gasteiger charge is 2.21. The summed E-state index contributed by atoms with van der Waals surface area (Å²) >= 11 is 0. The van der Waals surface area contributed by atoms with Crippen LogP contribution in [0, 0.1) is 23.7 Å². The van der Waals surface area contributed by atoms with E-state index in [0.29, 0.717) is 0 Å². The molecule has 0 aromatic carbocycles. The maximum atomic E-state index is 3.80. The molecule has 0 aromatic heterocycles. The van der Waals surface area contributed by atoms with E-state index in [0.717, 1.165) is 29.7 Å². The van der Waals surface area contributed by atoms with E-state index in [9.17, 15) is 0 Å². The fraction of sp³-hybridized carbons (Fsp3) is 1.00. The van der Waals surface area contributed by atoms with Crippen LogP contribution >= 0.6 is 0 Å². The molecular formula is C15H31N. The second-order valence-electron chi connectivity index (χ2n) is 6.52. The zero-order chi connectivity index (χ0) is 12.1. The van der Waals surface area contributed by atoms with Gasteiger partial charge < -0.3 is 5.32 Å². The Kier molecular flexibility index (Phi) is 5.82. The molecule has 1 fully saturated rings. The Bertz CT molecular complexity index is 170. The van der Waals surface area contributed by atoms with Gasteiger partial charge in [-0.05, 0) is 55.9 Å². The summed E-state index contributed by atoms with van der Waals surface area (Å²) in [6.45, 7) is 13.0. The lowest BCUT2D eigenvalue weighted by Gasteiger charge is -2.31. The van der Waals surface area contributed by atoms with Crippen LogP contribution in [0.2, 0.25) is 0 Å². The van der Waals surface area contributed by atoms with Crippen LogP contribution in [-0.4, -0.2) is 12.6 Å². The monoisotopic (exact) mass is 225 g/mol. The fourth-order valence-corrected chi connectivity index (χ4v) is 3.01. The third-order valence-corrected chi connectivity index (χ3v) is 4.37. The molecule has 0 radical (unpaired) electrons. The summed E-state index contributed by atoms with van der Waals surface area (Å²) < 4.78 is 0. The number of hydrogen-bond acceptors (Lipinski definition) is 1. The molecule has 0 heterocycles. The zero-order valence-electron chi connectivity index (χ0n) is 11.9. The van der Waals surface area contributed by atoms with E-state index in [1.807, 2.05) is 0 Å². The summed E-state index contributed by atoms with van der Waals surface area (Å²) in [4.78, 5) is 0. The van der Waals surface area contributed by atoms with Crippen LogP contribution < -0.4 is 5.32 Å². The fourth-order valence-electron chi connectivity index (χ4n) is 3.01. The quantitative estimate of drug-likeness (QED) is 0.743. The van der Waals surface area contributed by atoms with Crippen molar-refractivity contribution >= 4 is 0 Å². The van der Waals surface area contributed by atoms with Crippen LogP contribution in [0.15, 0.2) is 0 Å². The average molecular weight is 225 g/mol. The minimum atomic E-state index is 0.801.